The van der Waals surface area contributed by atoms with Gasteiger partial charge >= 0.3 is 5.97 Å². The van der Waals surface area contributed by atoms with E-state index in [1.807, 2.05) is 6.92 Å². The van der Waals surface area contributed by atoms with E-state index < -0.39 is 5.97 Å². The largest absolute Gasteiger partial charge is 0.508 e. The Morgan fingerprint density at radius 1 is 1.53 bits per heavy atom. The lowest BCUT2D eigenvalue weighted by atomic mass is 9.92. The number of rotatable bonds is 4. The summed E-state index contributed by atoms with van der Waals surface area (Å²) >= 11 is 3.30. The molecule has 1 aromatic carbocycles. The highest BCUT2D eigenvalue weighted by molar-refractivity contribution is 9.10. The van der Waals surface area contributed by atoms with Crippen molar-refractivity contribution in [1.29, 1.82) is 0 Å². The van der Waals surface area contributed by atoms with E-state index in [4.69, 9.17) is 5.11 Å². The summed E-state index contributed by atoms with van der Waals surface area (Å²) in [6.45, 7) is 1.91. The van der Waals surface area contributed by atoms with Gasteiger partial charge in [-0.05, 0) is 36.1 Å². The first-order chi connectivity index (χ1) is 7.04. The Labute approximate surface area is 96.9 Å². The van der Waals surface area contributed by atoms with Gasteiger partial charge in [0.05, 0.1) is 6.42 Å². The Morgan fingerprint density at radius 2 is 2.20 bits per heavy atom. The number of carbonyl (C=O) groups is 1. The van der Waals surface area contributed by atoms with E-state index in [0.717, 1.165) is 4.47 Å². The van der Waals surface area contributed by atoms with Crippen LogP contribution in [0.15, 0.2) is 22.7 Å². The van der Waals surface area contributed by atoms with Crippen molar-refractivity contribution in [2.75, 3.05) is 0 Å². The zero-order chi connectivity index (χ0) is 11.4. The normalized spacial score (nSPS) is 12.4. The predicted octanol–water partition coefficient (Wildman–Crippen LogP) is 3.12. The number of hydrogen-bond acceptors (Lipinski definition) is 2. The highest BCUT2D eigenvalue weighted by Crippen LogP contribution is 2.32. The number of carboxylic acids is 1. The Bertz CT molecular complexity index is 363. The van der Waals surface area contributed by atoms with E-state index in [1.54, 1.807) is 18.2 Å². The maximum atomic E-state index is 10.6. The van der Waals surface area contributed by atoms with Crippen molar-refractivity contribution in [1.82, 2.24) is 0 Å². The molecule has 1 rings (SSSR count). The van der Waals surface area contributed by atoms with Gasteiger partial charge in [-0.2, -0.15) is 0 Å². The van der Waals surface area contributed by atoms with Gasteiger partial charge in [-0.15, -0.1) is 0 Å². The van der Waals surface area contributed by atoms with Gasteiger partial charge in [-0.1, -0.05) is 22.9 Å². The lowest BCUT2D eigenvalue weighted by molar-refractivity contribution is -0.137. The first-order valence-electron chi connectivity index (χ1n) is 4.74. The number of phenols is 1. The summed E-state index contributed by atoms with van der Waals surface area (Å²) in [5, 5.41) is 18.4. The third-order valence-corrected chi connectivity index (χ3v) is 2.84. The van der Waals surface area contributed by atoms with E-state index in [9.17, 15) is 9.90 Å². The summed E-state index contributed by atoms with van der Waals surface area (Å²) in [6.07, 6.45) is 0.733. The molecule has 1 aromatic rings. The summed E-state index contributed by atoms with van der Waals surface area (Å²) in [6, 6.07) is 5.07. The second-order valence-corrected chi connectivity index (χ2v) is 4.32. The Morgan fingerprint density at radius 3 is 2.73 bits per heavy atom. The van der Waals surface area contributed by atoms with Gasteiger partial charge in [0.2, 0.25) is 0 Å². The van der Waals surface area contributed by atoms with Gasteiger partial charge in [-0.3, -0.25) is 4.79 Å². The quantitative estimate of drug-likeness (QED) is 0.886. The van der Waals surface area contributed by atoms with Crippen LogP contribution in [-0.2, 0) is 4.79 Å². The third kappa shape index (κ3) is 3.23. The third-order valence-electron chi connectivity index (χ3n) is 2.34. The maximum Gasteiger partial charge on any atom is 0.303 e. The standard InChI is InChI=1S/C11H13BrO3/c1-2-7(5-11(14)15)9-6-8(12)3-4-10(9)13/h3-4,6-7,13H,2,5H2,1H3,(H,14,15). The Kier molecular flexibility index (Phi) is 4.15. The van der Waals surface area contributed by atoms with E-state index in [0.29, 0.717) is 12.0 Å². The van der Waals surface area contributed by atoms with Crippen LogP contribution in [0.1, 0.15) is 31.2 Å². The first kappa shape index (κ1) is 12.0. The highest BCUT2D eigenvalue weighted by Gasteiger charge is 2.17. The SMILES string of the molecule is CCC(CC(=O)O)c1cc(Br)ccc1O. The molecule has 0 saturated heterocycles. The molecule has 1 unspecified atom stereocenters. The van der Waals surface area contributed by atoms with Crippen molar-refractivity contribution in [2.24, 2.45) is 0 Å². The van der Waals surface area contributed by atoms with Crippen molar-refractivity contribution in [3.8, 4) is 5.75 Å². The average Bonchev–Trinajstić information content (AvgIpc) is 2.18. The zero-order valence-corrected chi connectivity index (χ0v) is 9.99. The molecular weight excluding hydrogens is 260 g/mol. The van der Waals surface area contributed by atoms with Crippen LogP contribution in [0.2, 0.25) is 0 Å². The van der Waals surface area contributed by atoms with Crippen molar-refractivity contribution in [3.63, 3.8) is 0 Å². The van der Waals surface area contributed by atoms with Gasteiger partial charge in [-0.25, -0.2) is 0 Å². The lowest BCUT2D eigenvalue weighted by Gasteiger charge is -2.14. The lowest BCUT2D eigenvalue weighted by Crippen LogP contribution is -2.05. The topological polar surface area (TPSA) is 57.5 Å². The second kappa shape index (κ2) is 5.16. The van der Waals surface area contributed by atoms with Gasteiger partial charge in [0, 0.05) is 4.47 Å². The molecule has 0 radical (unpaired) electrons. The van der Waals surface area contributed by atoms with Crippen LogP contribution in [0.4, 0.5) is 0 Å². The number of aliphatic carboxylic acids is 1. The molecular formula is C11H13BrO3. The first-order valence-corrected chi connectivity index (χ1v) is 5.54. The summed E-state index contributed by atoms with van der Waals surface area (Å²) in [7, 11) is 0. The minimum Gasteiger partial charge on any atom is -0.508 e. The van der Waals surface area contributed by atoms with E-state index in [1.165, 1.54) is 0 Å². The number of aromatic hydroxyl groups is 1. The van der Waals surface area contributed by atoms with Crippen LogP contribution >= 0.6 is 15.9 Å². The zero-order valence-electron chi connectivity index (χ0n) is 8.40. The summed E-state index contributed by atoms with van der Waals surface area (Å²) in [5.74, 6) is -0.826. The van der Waals surface area contributed by atoms with Crippen LogP contribution < -0.4 is 0 Å². The van der Waals surface area contributed by atoms with Crippen molar-refractivity contribution in [3.05, 3.63) is 28.2 Å². The maximum absolute atomic E-state index is 10.6. The van der Waals surface area contributed by atoms with E-state index in [2.05, 4.69) is 15.9 Å². The van der Waals surface area contributed by atoms with Gasteiger partial charge in [0.1, 0.15) is 5.75 Å². The van der Waals surface area contributed by atoms with Crippen molar-refractivity contribution < 1.29 is 15.0 Å². The number of carboxylic acid groups (broad SMARTS) is 1. The molecule has 0 saturated carbocycles. The highest BCUT2D eigenvalue weighted by atomic mass is 79.9. The summed E-state index contributed by atoms with van der Waals surface area (Å²) < 4.78 is 0.846. The minimum absolute atomic E-state index is 0.0422. The fourth-order valence-corrected chi connectivity index (χ4v) is 1.92. The van der Waals surface area contributed by atoms with Crippen molar-refractivity contribution >= 4 is 21.9 Å². The molecule has 82 valence electrons. The fourth-order valence-electron chi connectivity index (χ4n) is 1.54. The smallest absolute Gasteiger partial charge is 0.303 e. The second-order valence-electron chi connectivity index (χ2n) is 3.41. The molecule has 0 aliphatic rings. The molecule has 0 heterocycles. The molecule has 2 N–H and O–H groups in total. The molecule has 0 amide bonds. The van der Waals surface area contributed by atoms with E-state index >= 15 is 0 Å². The molecule has 3 nitrogen and oxygen atoms in total. The average molecular weight is 273 g/mol. The number of hydrogen-bond donors (Lipinski definition) is 2. The molecule has 1 atom stereocenters. The molecule has 0 aliphatic heterocycles. The summed E-state index contributed by atoms with van der Waals surface area (Å²) in [4.78, 5) is 10.6. The molecule has 4 heteroatoms. The molecule has 0 aliphatic carbocycles. The van der Waals surface area contributed by atoms with Gasteiger partial charge in [0.25, 0.3) is 0 Å². The van der Waals surface area contributed by atoms with E-state index in [-0.39, 0.29) is 18.1 Å². The molecule has 0 bridgehead atoms. The minimum atomic E-state index is -0.846. The van der Waals surface area contributed by atoms with Crippen LogP contribution in [-0.4, -0.2) is 16.2 Å². The number of phenolic OH excluding ortho intramolecular Hbond substituents is 1. The molecule has 0 spiro atoms. The van der Waals surface area contributed by atoms with Crippen LogP contribution in [0, 0.1) is 0 Å². The van der Waals surface area contributed by atoms with Crippen molar-refractivity contribution in [2.45, 2.75) is 25.7 Å². The van der Waals surface area contributed by atoms with Crippen LogP contribution in [0.3, 0.4) is 0 Å². The molecule has 0 aromatic heterocycles. The van der Waals surface area contributed by atoms with Crippen LogP contribution in [0.5, 0.6) is 5.75 Å². The van der Waals surface area contributed by atoms with Gasteiger partial charge in [0.15, 0.2) is 0 Å². The van der Waals surface area contributed by atoms with Gasteiger partial charge < -0.3 is 10.2 Å². The summed E-state index contributed by atoms with van der Waals surface area (Å²) in [5.41, 5.74) is 0.689. The predicted molar refractivity (Wildman–Crippen MR) is 61.1 cm³/mol. The Hall–Kier alpha value is -1.03. The fraction of sp³-hybridized carbons (Fsp3) is 0.364. The Balaban J connectivity index is 3.00. The van der Waals surface area contributed by atoms with Crippen LogP contribution in [0.25, 0.3) is 0 Å². The number of halogens is 1. The monoisotopic (exact) mass is 272 g/mol. The molecule has 15 heavy (non-hydrogen) atoms. The molecule has 0 fully saturated rings. The number of benzene rings is 1.